The van der Waals surface area contributed by atoms with Crippen molar-refractivity contribution in [1.29, 1.82) is 0 Å². The molecule has 112 valence electrons. The molecule has 0 aliphatic carbocycles. The van der Waals surface area contributed by atoms with E-state index in [9.17, 15) is 4.39 Å². The van der Waals surface area contributed by atoms with Crippen molar-refractivity contribution >= 4 is 0 Å². The molecule has 0 saturated carbocycles. The van der Waals surface area contributed by atoms with Gasteiger partial charge in [0.05, 0.1) is 13.7 Å². The zero-order valence-electron chi connectivity index (χ0n) is 12.3. The van der Waals surface area contributed by atoms with E-state index in [1.807, 2.05) is 24.3 Å². The van der Waals surface area contributed by atoms with E-state index >= 15 is 0 Å². The molecule has 1 unspecified atom stereocenters. The topological polar surface area (TPSA) is 44.5 Å². The highest BCUT2D eigenvalue weighted by Crippen LogP contribution is 2.21. The smallest absolute Gasteiger partial charge is 0.131 e. The molecule has 3 nitrogen and oxygen atoms in total. The Bertz CT molecular complexity index is 582. The van der Waals surface area contributed by atoms with E-state index in [2.05, 4.69) is 0 Å². The fraction of sp³-hybridized carbons (Fsp3) is 0.294. The Morgan fingerprint density at radius 2 is 1.76 bits per heavy atom. The molecule has 0 aromatic heterocycles. The van der Waals surface area contributed by atoms with Gasteiger partial charge in [0.2, 0.25) is 0 Å². The molecule has 2 aromatic rings. The molecule has 0 bridgehead atoms. The highest BCUT2D eigenvalue weighted by atomic mass is 19.1. The zero-order chi connectivity index (χ0) is 15.2. The fourth-order valence-electron chi connectivity index (χ4n) is 2.05. The first kappa shape index (κ1) is 15.3. The average molecular weight is 289 g/mol. The molecule has 0 amide bonds. The van der Waals surface area contributed by atoms with Crippen molar-refractivity contribution in [3.8, 4) is 11.5 Å². The number of rotatable bonds is 6. The summed E-state index contributed by atoms with van der Waals surface area (Å²) in [6.45, 7) is 2.24. The second-order valence-corrected chi connectivity index (χ2v) is 4.92. The molecule has 2 N–H and O–H groups in total. The van der Waals surface area contributed by atoms with Gasteiger partial charge in [-0.25, -0.2) is 4.39 Å². The van der Waals surface area contributed by atoms with Gasteiger partial charge in [-0.05, 0) is 30.7 Å². The number of methoxy groups -OCH3 is 1. The van der Waals surface area contributed by atoms with E-state index < -0.39 is 0 Å². The summed E-state index contributed by atoms with van der Waals surface area (Å²) in [6.07, 6.45) is 0.751. The minimum atomic E-state index is -0.327. The van der Waals surface area contributed by atoms with E-state index in [1.54, 1.807) is 26.2 Å². The van der Waals surface area contributed by atoms with Crippen molar-refractivity contribution in [2.45, 2.75) is 19.4 Å². The number of ether oxygens (including phenoxy) is 2. The summed E-state index contributed by atoms with van der Waals surface area (Å²) in [6, 6.07) is 12.3. The Hall–Kier alpha value is -2.07. The molecule has 0 spiro atoms. The van der Waals surface area contributed by atoms with E-state index in [0.29, 0.717) is 17.9 Å². The van der Waals surface area contributed by atoms with Crippen LogP contribution in [0.5, 0.6) is 11.5 Å². The van der Waals surface area contributed by atoms with Crippen LogP contribution in [0.4, 0.5) is 4.39 Å². The first-order valence-electron chi connectivity index (χ1n) is 6.91. The Balaban J connectivity index is 1.89. The maximum absolute atomic E-state index is 13.8. The van der Waals surface area contributed by atoms with Crippen LogP contribution in [0.3, 0.4) is 0 Å². The summed E-state index contributed by atoms with van der Waals surface area (Å²) in [5, 5.41) is 0. The second-order valence-electron chi connectivity index (χ2n) is 4.92. The van der Waals surface area contributed by atoms with Crippen LogP contribution in [-0.4, -0.2) is 13.7 Å². The third-order valence-electron chi connectivity index (χ3n) is 3.28. The molecule has 2 aromatic carbocycles. The molecule has 0 heterocycles. The quantitative estimate of drug-likeness (QED) is 0.885. The highest BCUT2D eigenvalue weighted by molar-refractivity contribution is 5.31. The van der Waals surface area contributed by atoms with Crippen LogP contribution in [-0.2, 0) is 6.42 Å². The number of halogens is 1. The third-order valence-corrected chi connectivity index (χ3v) is 3.28. The second kappa shape index (κ2) is 7.09. The summed E-state index contributed by atoms with van der Waals surface area (Å²) < 4.78 is 24.4. The molecule has 4 heteroatoms. The van der Waals surface area contributed by atoms with Gasteiger partial charge in [0, 0.05) is 24.1 Å². The lowest BCUT2D eigenvalue weighted by Crippen LogP contribution is -2.08. The van der Waals surface area contributed by atoms with Crippen molar-refractivity contribution < 1.29 is 13.9 Å². The van der Waals surface area contributed by atoms with Crippen molar-refractivity contribution in [2.75, 3.05) is 13.7 Å². The van der Waals surface area contributed by atoms with Crippen molar-refractivity contribution in [1.82, 2.24) is 0 Å². The first-order valence-corrected chi connectivity index (χ1v) is 6.91. The number of hydrogen-bond acceptors (Lipinski definition) is 3. The SMILES string of the molecule is COc1ccc(CCOc2ccc(C(C)N)c(F)c2)cc1. The van der Waals surface area contributed by atoms with Gasteiger partial charge in [-0.2, -0.15) is 0 Å². The Morgan fingerprint density at radius 3 is 2.33 bits per heavy atom. The Kier molecular flexibility index (Phi) is 5.17. The average Bonchev–Trinajstić information content (AvgIpc) is 2.47. The number of hydrogen-bond donors (Lipinski definition) is 1. The maximum atomic E-state index is 13.8. The summed E-state index contributed by atoms with van der Waals surface area (Å²) in [5.74, 6) is 1.02. The van der Waals surface area contributed by atoms with Crippen LogP contribution in [0.25, 0.3) is 0 Å². The summed E-state index contributed by atoms with van der Waals surface area (Å²) in [5.41, 5.74) is 7.31. The molecule has 21 heavy (non-hydrogen) atoms. The number of benzene rings is 2. The lowest BCUT2D eigenvalue weighted by Gasteiger charge is -2.10. The summed E-state index contributed by atoms with van der Waals surface area (Å²) in [7, 11) is 1.64. The van der Waals surface area contributed by atoms with Crippen LogP contribution >= 0.6 is 0 Å². The zero-order valence-corrected chi connectivity index (χ0v) is 12.3. The van der Waals surface area contributed by atoms with Crippen LogP contribution in [0, 0.1) is 5.82 Å². The van der Waals surface area contributed by atoms with Crippen molar-refractivity contribution in [3.63, 3.8) is 0 Å². The molecule has 1 atom stereocenters. The molecule has 0 aliphatic rings. The van der Waals surface area contributed by atoms with Gasteiger partial charge in [-0.1, -0.05) is 18.2 Å². The highest BCUT2D eigenvalue weighted by Gasteiger charge is 2.08. The molecular weight excluding hydrogens is 269 g/mol. The lowest BCUT2D eigenvalue weighted by molar-refractivity contribution is 0.320. The molecule has 0 aliphatic heterocycles. The van der Waals surface area contributed by atoms with Crippen molar-refractivity contribution in [3.05, 3.63) is 59.4 Å². The van der Waals surface area contributed by atoms with Crippen LogP contribution in [0.2, 0.25) is 0 Å². The molecule has 0 radical (unpaired) electrons. The summed E-state index contributed by atoms with van der Waals surface area (Å²) >= 11 is 0. The largest absolute Gasteiger partial charge is 0.497 e. The standard InChI is InChI=1S/C17H20FNO2/c1-12(19)16-8-7-15(11-17(16)18)21-10-9-13-3-5-14(20-2)6-4-13/h3-8,11-12H,9-10,19H2,1-2H3. The van der Waals surface area contributed by atoms with Crippen LogP contribution in [0.1, 0.15) is 24.1 Å². The Labute approximate surface area is 124 Å². The lowest BCUT2D eigenvalue weighted by atomic mass is 10.1. The van der Waals surface area contributed by atoms with Crippen LogP contribution < -0.4 is 15.2 Å². The minimum Gasteiger partial charge on any atom is -0.497 e. The van der Waals surface area contributed by atoms with E-state index in [1.165, 1.54) is 6.07 Å². The third kappa shape index (κ3) is 4.20. The minimum absolute atomic E-state index is 0.321. The van der Waals surface area contributed by atoms with Gasteiger partial charge in [-0.15, -0.1) is 0 Å². The molecule has 0 fully saturated rings. The van der Waals surface area contributed by atoms with Gasteiger partial charge in [0.1, 0.15) is 17.3 Å². The van der Waals surface area contributed by atoms with E-state index in [4.69, 9.17) is 15.2 Å². The van der Waals surface area contributed by atoms with Gasteiger partial charge in [0.25, 0.3) is 0 Å². The van der Waals surface area contributed by atoms with Gasteiger partial charge in [0.15, 0.2) is 0 Å². The fourth-order valence-corrected chi connectivity index (χ4v) is 2.05. The maximum Gasteiger partial charge on any atom is 0.131 e. The Morgan fingerprint density at radius 1 is 1.10 bits per heavy atom. The van der Waals surface area contributed by atoms with E-state index in [-0.39, 0.29) is 11.9 Å². The predicted octanol–water partition coefficient (Wildman–Crippen LogP) is 3.48. The van der Waals surface area contributed by atoms with Gasteiger partial charge >= 0.3 is 0 Å². The van der Waals surface area contributed by atoms with E-state index in [0.717, 1.165) is 17.7 Å². The van der Waals surface area contributed by atoms with Crippen LogP contribution in [0.15, 0.2) is 42.5 Å². The van der Waals surface area contributed by atoms with Crippen molar-refractivity contribution in [2.24, 2.45) is 5.73 Å². The van der Waals surface area contributed by atoms with Gasteiger partial charge < -0.3 is 15.2 Å². The normalized spacial score (nSPS) is 12.0. The monoisotopic (exact) mass is 289 g/mol. The molecular formula is C17H20FNO2. The first-order chi connectivity index (χ1) is 10.1. The molecule has 2 rings (SSSR count). The number of nitrogens with two attached hydrogens (primary N) is 1. The van der Waals surface area contributed by atoms with Gasteiger partial charge in [-0.3, -0.25) is 0 Å². The predicted molar refractivity (Wildman–Crippen MR) is 81.2 cm³/mol. The summed E-state index contributed by atoms with van der Waals surface area (Å²) in [4.78, 5) is 0. The molecule has 0 saturated heterocycles.